The van der Waals surface area contributed by atoms with Crippen molar-refractivity contribution in [1.82, 2.24) is 10.6 Å². The third kappa shape index (κ3) is 7.55. The molecular weight excluding hydrogens is 385 g/mol. The highest BCUT2D eigenvalue weighted by Crippen LogP contribution is 2.21. The van der Waals surface area contributed by atoms with Gasteiger partial charge in [0.1, 0.15) is 5.75 Å². The maximum absolute atomic E-state index is 14.0. The van der Waals surface area contributed by atoms with Gasteiger partial charge in [-0.3, -0.25) is 4.99 Å². The Morgan fingerprint density at radius 2 is 1.80 bits per heavy atom. The number of halogens is 1. The quantitative estimate of drug-likeness (QED) is 0.331. The van der Waals surface area contributed by atoms with Crippen molar-refractivity contribution in [1.29, 1.82) is 0 Å². The number of methoxy groups -OCH3 is 1. The fourth-order valence-corrected chi connectivity index (χ4v) is 2.84. The van der Waals surface area contributed by atoms with Crippen molar-refractivity contribution in [3.8, 4) is 11.5 Å². The number of aliphatic imine (C=N–C) groups is 1. The smallest absolute Gasteiger partial charge is 0.191 e. The zero-order valence-corrected chi connectivity index (χ0v) is 18.3. The molecule has 0 atom stereocenters. The van der Waals surface area contributed by atoms with E-state index in [4.69, 9.17) is 14.2 Å². The van der Waals surface area contributed by atoms with E-state index in [1.54, 1.807) is 20.2 Å². The van der Waals surface area contributed by atoms with E-state index in [-0.39, 0.29) is 11.6 Å². The summed E-state index contributed by atoms with van der Waals surface area (Å²) in [6, 6.07) is 11.1. The molecule has 2 N–H and O–H groups in total. The lowest BCUT2D eigenvalue weighted by Crippen LogP contribution is -2.36. The molecule has 0 aliphatic heterocycles. The van der Waals surface area contributed by atoms with Gasteiger partial charge >= 0.3 is 0 Å². The van der Waals surface area contributed by atoms with Crippen LogP contribution in [0.1, 0.15) is 30.0 Å². The lowest BCUT2D eigenvalue weighted by molar-refractivity contribution is 0.171. The van der Waals surface area contributed by atoms with Crippen molar-refractivity contribution in [3.05, 3.63) is 58.9 Å². The van der Waals surface area contributed by atoms with Gasteiger partial charge in [0.2, 0.25) is 0 Å². The molecule has 0 bridgehead atoms. The van der Waals surface area contributed by atoms with Crippen LogP contribution in [0.25, 0.3) is 0 Å². The number of aryl methyl sites for hydroxylation is 1. The lowest BCUT2D eigenvalue weighted by Gasteiger charge is -2.16. The molecule has 2 aromatic carbocycles. The molecule has 0 saturated carbocycles. The number of ether oxygens (including phenoxy) is 3. The van der Waals surface area contributed by atoms with Crippen molar-refractivity contribution >= 4 is 5.96 Å². The van der Waals surface area contributed by atoms with Crippen LogP contribution >= 0.6 is 0 Å². The number of nitrogens with one attached hydrogen (secondary N) is 2. The summed E-state index contributed by atoms with van der Waals surface area (Å²) in [7, 11) is 3.38. The predicted molar refractivity (Wildman–Crippen MR) is 118 cm³/mol. The van der Waals surface area contributed by atoms with Crippen molar-refractivity contribution in [3.63, 3.8) is 0 Å². The molecular formula is C23H32FN3O3. The number of hydrogen-bond donors (Lipinski definition) is 2. The molecule has 0 aromatic heterocycles. The third-order valence-corrected chi connectivity index (χ3v) is 4.40. The zero-order valence-electron chi connectivity index (χ0n) is 18.3. The maximum atomic E-state index is 14.0. The Morgan fingerprint density at radius 1 is 1.00 bits per heavy atom. The molecule has 0 amide bonds. The van der Waals surface area contributed by atoms with E-state index in [0.717, 1.165) is 28.9 Å². The van der Waals surface area contributed by atoms with Gasteiger partial charge in [-0.15, -0.1) is 0 Å². The largest absolute Gasteiger partial charge is 0.493 e. The fourth-order valence-electron chi connectivity index (χ4n) is 2.84. The molecule has 0 fully saturated rings. The topological polar surface area (TPSA) is 64.1 Å². The highest BCUT2D eigenvalue weighted by atomic mass is 19.1. The van der Waals surface area contributed by atoms with Crippen LogP contribution in [0.3, 0.4) is 0 Å². The van der Waals surface area contributed by atoms with E-state index in [2.05, 4.69) is 21.7 Å². The van der Waals surface area contributed by atoms with Crippen LogP contribution in [-0.2, 0) is 17.8 Å². The van der Waals surface area contributed by atoms with Gasteiger partial charge in [-0.2, -0.15) is 0 Å². The molecule has 164 valence electrons. The highest BCUT2D eigenvalue weighted by molar-refractivity contribution is 5.79. The third-order valence-electron chi connectivity index (χ3n) is 4.40. The molecule has 2 aromatic rings. The summed E-state index contributed by atoms with van der Waals surface area (Å²) in [5, 5.41) is 6.48. The second-order valence-corrected chi connectivity index (χ2v) is 6.78. The number of guanidine groups is 1. The number of rotatable bonds is 11. The lowest BCUT2D eigenvalue weighted by atomic mass is 10.1. The minimum absolute atomic E-state index is 0.265. The van der Waals surface area contributed by atoms with E-state index in [9.17, 15) is 4.39 Å². The number of nitrogens with zero attached hydrogens (tertiary/aromatic N) is 1. The van der Waals surface area contributed by atoms with Crippen molar-refractivity contribution < 1.29 is 18.6 Å². The van der Waals surface area contributed by atoms with E-state index in [0.29, 0.717) is 38.9 Å². The summed E-state index contributed by atoms with van der Waals surface area (Å²) in [5.41, 5.74) is 2.98. The van der Waals surface area contributed by atoms with Gasteiger partial charge in [0.05, 0.1) is 13.2 Å². The number of hydrogen-bond acceptors (Lipinski definition) is 4. The van der Waals surface area contributed by atoms with Crippen LogP contribution in [0.4, 0.5) is 4.39 Å². The van der Waals surface area contributed by atoms with E-state index in [1.165, 1.54) is 6.07 Å². The van der Waals surface area contributed by atoms with Crippen LogP contribution in [0.2, 0.25) is 0 Å². The Labute approximate surface area is 178 Å². The molecule has 0 saturated heterocycles. The van der Waals surface area contributed by atoms with Crippen LogP contribution in [0.5, 0.6) is 11.5 Å². The summed E-state index contributed by atoms with van der Waals surface area (Å²) in [5.74, 6) is 1.37. The van der Waals surface area contributed by atoms with Gasteiger partial charge in [-0.25, -0.2) is 4.39 Å². The van der Waals surface area contributed by atoms with Crippen molar-refractivity contribution in [2.45, 2.75) is 33.4 Å². The molecule has 7 heteroatoms. The second-order valence-electron chi connectivity index (χ2n) is 6.78. The Balaban J connectivity index is 1.91. The summed E-state index contributed by atoms with van der Waals surface area (Å²) in [6.07, 6.45) is 0.833. The maximum Gasteiger partial charge on any atom is 0.191 e. The van der Waals surface area contributed by atoms with Gasteiger partial charge in [0.15, 0.2) is 17.5 Å². The normalized spacial score (nSPS) is 11.3. The van der Waals surface area contributed by atoms with Crippen LogP contribution in [0, 0.1) is 12.7 Å². The monoisotopic (exact) mass is 417 g/mol. The Kier molecular flexibility index (Phi) is 9.94. The van der Waals surface area contributed by atoms with E-state index in [1.807, 2.05) is 32.0 Å². The van der Waals surface area contributed by atoms with Crippen LogP contribution in [-0.4, -0.2) is 39.9 Å². The van der Waals surface area contributed by atoms with E-state index >= 15 is 0 Å². The first-order valence-electron chi connectivity index (χ1n) is 10.1. The predicted octanol–water partition coefficient (Wildman–Crippen LogP) is 3.81. The molecule has 0 spiro atoms. The first-order valence-corrected chi connectivity index (χ1v) is 10.1. The van der Waals surface area contributed by atoms with Gasteiger partial charge in [-0.05, 0) is 43.2 Å². The molecule has 0 unspecified atom stereocenters. The standard InChI is InChI=1S/C23H32FN3O3/c1-5-29-21-10-8-18(14-20(21)24)15-26-23(25-3)27-16-19-9-7-17(2)13-22(19)30-12-6-11-28-4/h7-10,13-14H,5-6,11-12,15-16H2,1-4H3,(H2,25,26,27). The van der Waals surface area contributed by atoms with Crippen molar-refractivity contribution in [2.75, 3.05) is 34.0 Å². The highest BCUT2D eigenvalue weighted by Gasteiger charge is 2.08. The average Bonchev–Trinajstić information content (AvgIpc) is 2.74. The Bertz CT molecular complexity index is 827. The van der Waals surface area contributed by atoms with Gasteiger partial charge in [-0.1, -0.05) is 18.2 Å². The Morgan fingerprint density at radius 3 is 2.50 bits per heavy atom. The molecule has 0 aliphatic rings. The molecule has 0 heterocycles. The molecule has 2 rings (SSSR count). The molecule has 0 aliphatic carbocycles. The van der Waals surface area contributed by atoms with E-state index < -0.39 is 0 Å². The summed E-state index contributed by atoms with van der Waals surface area (Å²) in [4.78, 5) is 4.24. The molecule has 0 radical (unpaired) electrons. The Hall–Kier alpha value is -2.80. The molecule has 6 nitrogen and oxygen atoms in total. The van der Waals surface area contributed by atoms with Crippen molar-refractivity contribution in [2.24, 2.45) is 4.99 Å². The second kappa shape index (κ2) is 12.7. The summed E-state index contributed by atoms with van der Waals surface area (Å²) >= 11 is 0. The zero-order chi connectivity index (χ0) is 21.8. The first kappa shape index (κ1) is 23.5. The number of benzene rings is 2. The minimum atomic E-state index is -0.367. The van der Waals surface area contributed by atoms with Gasteiger partial charge in [0, 0.05) is 45.8 Å². The first-order chi connectivity index (χ1) is 14.6. The molecule has 30 heavy (non-hydrogen) atoms. The SMILES string of the molecule is CCOc1ccc(CNC(=NC)NCc2ccc(C)cc2OCCCOC)cc1F. The fraction of sp³-hybridized carbons (Fsp3) is 0.435. The van der Waals surface area contributed by atoms with Gasteiger partial charge < -0.3 is 24.8 Å². The van der Waals surface area contributed by atoms with Crippen LogP contribution < -0.4 is 20.1 Å². The van der Waals surface area contributed by atoms with Gasteiger partial charge in [0.25, 0.3) is 0 Å². The average molecular weight is 418 g/mol. The minimum Gasteiger partial charge on any atom is -0.493 e. The van der Waals surface area contributed by atoms with Crippen LogP contribution in [0.15, 0.2) is 41.4 Å². The summed E-state index contributed by atoms with van der Waals surface area (Å²) < 4.78 is 30.3. The summed E-state index contributed by atoms with van der Waals surface area (Å²) in [6.45, 7) is 6.56.